The van der Waals surface area contributed by atoms with Crippen molar-refractivity contribution >= 4 is 22.9 Å². The minimum absolute atomic E-state index is 0.0277. The number of rotatable bonds is 9. The van der Waals surface area contributed by atoms with Crippen molar-refractivity contribution in [2.75, 3.05) is 14.2 Å². The fraction of sp³-hybridized carbons (Fsp3) is 0.323. The lowest BCUT2D eigenvalue weighted by molar-refractivity contribution is -0.134. The van der Waals surface area contributed by atoms with Gasteiger partial charge in [-0.25, -0.2) is 14.4 Å². The van der Waals surface area contributed by atoms with Crippen LogP contribution in [0.4, 0.5) is 17.6 Å². The number of pyridine rings is 2. The van der Waals surface area contributed by atoms with Crippen LogP contribution >= 0.6 is 0 Å². The molecule has 230 valence electrons. The average Bonchev–Trinajstić information content (AvgIpc) is 3.36. The number of carbonyl (C=O) groups excluding carboxylic acids is 2. The van der Waals surface area contributed by atoms with Crippen LogP contribution in [0.3, 0.4) is 0 Å². The van der Waals surface area contributed by atoms with Gasteiger partial charge in [-0.15, -0.1) is 0 Å². The highest BCUT2D eigenvalue weighted by molar-refractivity contribution is 6.11. The summed E-state index contributed by atoms with van der Waals surface area (Å²) in [6.45, 7) is 5.08. The van der Waals surface area contributed by atoms with Gasteiger partial charge in [0.25, 0.3) is 11.8 Å². The number of nitriles is 1. The second-order valence-electron chi connectivity index (χ2n) is 10.5. The highest BCUT2D eigenvalue weighted by atomic mass is 19.4. The molecule has 2 amide bonds. The first-order valence-electron chi connectivity index (χ1n) is 13.5. The van der Waals surface area contributed by atoms with Crippen LogP contribution in [0.15, 0.2) is 47.0 Å². The Labute approximate surface area is 250 Å². The summed E-state index contributed by atoms with van der Waals surface area (Å²) in [5.41, 5.74) is -0.701. The SMILES string of the molecule is CNC(=O)c1c(-c2ccc(F)cc2)oc2nc(CCC(F)(F)F)c(-c3cnc(OC)c(C(=O)NC(C)(C#N)C(C)C)c3)cc12. The van der Waals surface area contributed by atoms with Crippen LogP contribution in [0.2, 0.25) is 0 Å². The molecule has 0 aliphatic heterocycles. The summed E-state index contributed by atoms with van der Waals surface area (Å²) in [4.78, 5) is 35.0. The molecule has 2 N–H and O–H groups in total. The molecular weight excluding hydrogens is 582 g/mol. The minimum atomic E-state index is -4.51. The molecule has 3 heterocycles. The van der Waals surface area contributed by atoms with Crippen molar-refractivity contribution in [2.45, 2.75) is 45.3 Å². The second-order valence-corrected chi connectivity index (χ2v) is 10.5. The smallest absolute Gasteiger partial charge is 0.389 e. The van der Waals surface area contributed by atoms with Gasteiger partial charge in [-0.05, 0) is 55.7 Å². The van der Waals surface area contributed by atoms with Crippen LogP contribution in [-0.4, -0.2) is 47.7 Å². The first kappa shape index (κ1) is 31.9. The zero-order valence-corrected chi connectivity index (χ0v) is 24.5. The Bertz CT molecular complexity index is 1760. The van der Waals surface area contributed by atoms with Crippen molar-refractivity contribution in [3.8, 4) is 34.4 Å². The number of aryl methyl sites for hydroxylation is 1. The monoisotopic (exact) mass is 611 g/mol. The lowest BCUT2D eigenvalue weighted by Gasteiger charge is -2.27. The lowest BCUT2D eigenvalue weighted by Crippen LogP contribution is -2.48. The van der Waals surface area contributed by atoms with Gasteiger partial charge in [-0.1, -0.05) is 13.8 Å². The molecule has 0 aliphatic rings. The van der Waals surface area contributed by atoms with Crippen molar-refractivity contribution < 1.29 is 36.3 Å². The number of carbonyl (C=O) groups is 2. The zero-order valence-electron chi connectivity index (χ0n) is 24.5. The topological polar surface area (TPSA) is 130 Å². The molecular formula is C31H29F4N5O4. The Morgan fingerprint density at radius 3 is 2.36 bits per heavy atom. The van der Waals surface area contributed by atoms with Crippen molar-refractivity contribution in [3.05, 3.63) is 65.2 Å². The van der Waals surface area contributed by atoms with Crippen LogP contribution in [0.25, 0.3) is 33.6 Å². The molecule has 0 radical (unpaired) electrons. The van der Waals surface area contributed by atoms with Gasteiger partial charge in [0.15, 0.2) is 0 Å². The predicted molar refractivity (Wildman–Crippen MR) is 153 cm³/mol. The van der Waals surface area contributed by atoms with Gasteiger partial charge in [0.05, 0.1) is 29.8 Å². The van der Waals surface area contributed by atoms with Crippen LogP contribution < -0.4 is 15.4 Å². The third kappa shape index (κ3) is 6.49. The Hall–Kier alpha value is -4.99. The van der Waals surface area contributed by atoms with Gasteiger partial charge in [0.1, 0.15) is 22.7 Å². The van der Waals surface area contributed by atoms with E-state index in [1.807, 2.05) is 0 Å². The van der Waals surface area contributed by atoms with Crippen LogP contribution in [0.5, 0.6) is 5.88 Å². The molecule has 0 spiro atoms. The van der Waals surface area contributed by atoms with Crippen LogP contribution in [0.1, 0.15) is 53.6 Å². The summed E-state index contributed by atoms with van der Waals surface area (Å²) < 4.78 is 64.8. The number of hydrogen-bond donors (Lipinski definition) is 2. The van der Waals surface area contributed by atoms with E-state index in [1.54, 1.807) is 20.8 Å². The van der Waals surface area contributed by atoms with Crippen molar-refractivity contribution in [1.29, 1.82) is 5.26 Å². The molecule has 0 aliphatic carbocycles. The number of furan rings is 1. The summed E-state index contributed by atoms with van der Waals surface area (Å²) in [6, 6.07) is 10.1. The largest absolute Gasteiger partial charge is 0.480 e. The first-order valence-corrected chi connectivity index (χ1v) is 13.5. The normalized spacial score (nSPS) is 12.9. The maximum atomic E-state index is 13.6. The first-order chi connectivity index (χ1) is 20.7. The summed E-state index contributed by atoms with van der Waals surface area (Å²) in [6.07, 6.45) is -4.96. The fourth-order valence-corrected chi connectivity index (χ4v) is 4.44. The third-order valence-corrected chi connectivity index (χ3v) is 7.33. The Morgan fingerprint density at radius 2 is 1.80 bits per heavy atom. The molecule has 0 saturated heterocycles. The van der Waals surface area contributed by atoms with Gasteiger partial charge in [-0.3, -0.25) is 9.59 Å². The Balaban J connectivity index is 1.96. The minimum Gasteiger partial charge on any atom is -0.480 e. The predicted octanol–water partition coefficient (Wildman–Crippen LogP) is 6.23. The quantitative estimate of drug-likeness (QED) is 0.215. The number of fused-ring (bicyclic) bond motifs is 1. The van der Waals surface area contributed by atoms with E-state index >= 15 is 0 Å². The molecule has 4 aromatic rings. The standard InChI is InChI=1S/C31H29F4N5O4/c1-16(2)30(3,15-36)40-26(41)22-12-18(14-38-28(22)43-5)20-13-21-24(27(42)37-4)25(17-6-8-19(32)9-7-17)44-29(21)39-23(20)10-11-31(33,34)35/h6-9,12-14,16H,10-11H2,1-5H3,(H,37,42)(H,40,41). The number of aromatic nitrogens is 2. The molecule has 0 fully saturated rings. The van der Waals surface area contributed by atoms with Gasteiger partial charge in [-0.2, -0.15) is 18.4 Å². The molecule has 0 bridgehead atoms. The number of methoxy groups -OCH3 is 1. The highest BCUT2D eigenvalue weighted by Gasteiger charge is 2.33. The van der Waals surface area contributed by atoms with Crippen molar-refractivity contribution in [3.63, 3.8) is 0 Å². The molecule has 4 rings (SSSR count). The van der Waals surface area contributed by atoms with Gasteiger partial charge >= 0.3 is 6.18 Å². The van der Waals surface area contributed by atoms with Gasteiger partial charge in [0.2, 0.25) is 11.6 Å². The van der Waals surface area contributed by atoms with E-state index in [0.29, 0.717) is 5.56 Å². The van der Waals surface area contributed by atoms with E-state index in [4.69, 9.17) is 9.15 Å². The summed E-state index contributed by atoms with van der Waals surface area (Å²) in [5.74, 6) is -2.07. The average molecular weight is 612 g/mol. The van der Waals surface area contributed by atoms with Gasteiger partial charge < -0.3 is 19.8 Å². The molecule has 9 nitrogen and oxygen atoms in total. The maximum absolute atomic E-state index is 13.6. The van der Waals surface area contributed by atoms with E-state index in [1.165, 1.54) is 56.8 Å². The highest BCUT2D eigenvalue weighted by Crippen LogP contribution is 2.38. The number of halogens is 4. The van der Waals surface area contributed by atoms with Crippen molar-refractivity contribution in [1.82, 2.24) is 20.6 Å². The lowest BCUT2D eigenvalue weighted by atomic mass is 9.89. The van der Waals surface area contributed by atoms with Gasteiger partial charge in [0, 0.05) is 36.4 Å². The van der Waals surface area contributed by atoms with Crippen LogP contribution in [0, 0.1) is 23.1 Å². The number of benzene rings is 1. The number of nitrogens with one attached hydrogen (secondary N) is 2. The molecule has 0 saturated carbocycles. The number of amides is 2. The third-order valence-electron chi connectivity index (χ3n) is 7.33. The maximum Gasteiger partial charge on any atom is 0.389 e. The molecule has 3 aromatic heterocycles. The molecule has 44 heavy (non-hydrogen) atoms. The summed E-state index contributed by atoms with van der Waals surface area (Å²) in [7, 11) is 2.69. The summed E-state index contributed by atoms with van der Waals surface area (Å²) >= 11 is 0. The molecule has 1 atom stereocenters. The fourth-order valence-electron chi connectivity index (χ4n) is 4.44. The number of hydrogen-bond acceptors (Lipinski definition) is 7. The molecule has 1 unspecified atom stereocenters. The van der Waals surface area contributed by atoms with Crippen LogP contribution in [-0.2, 0) is 6.42 Å². The Kier molecular flexibility index (Phi) is 8.94. The molecule has 13 heteroatoms. The zero-order chi connectivity index (χ0) is 32.4. The Morgan fingerprint density at radius 1 is 1.11 bits per heavy atom. The van der Waals surface area contributed by atoms with E-state index in [-0.39, 0.29) is 56.6 Å². The number of alkyl halides is 3. The van der Waals surface area contributed by atoms with Crippen molar-refractivity contribution in [2.24, 2.45) is 5.92 Å². The molecule has 1 aromatic carbocycles. The van der Waals surface area contributed by atoms with E-state index in [2.05, 4.69) is 26.7 Å². The van der Waals surface area contributed by atoms with E-state index in [9.17, 15) is 32.4 Å². The number of ether oxygens (including phenoxy) is 1. The summed E-state index contributed by atoms with van der Waals surface area (Å²) in [5, 5.41) is 15.1. The van der Waals surface area contributed by atoms with E-state index in [0.717, 1.165) is 0 Å². The number of nitrogens with zero attached hydrogens (tertiary/aromatic N) is 3. The second kappa shape index (κ2) is 12.3. The van der Waals surface area contributed by atoms with E-state index < -0.39 is 42.2 Å².